The van der Waals surface area contributed by atoms with Crippen molar-refractivity contribution in [3.05, 3.63) is 18.3 Å². The van der Waals surface area contributed by atoms with Crippen LogP contribution in [0.2, 0.25) is 0 Å². The van der Waals surface area contributed by atoms with Crippen LogP contribution in [0.25, 0.3) is 0 Å². The first-order chi connectivity index (χ1) is 11.8. The fraction of sp³-hybridized carbons (Fsp3) is 0.737. The molecule has 0 N–H and O–H groups in total. The molecule has 2 atom stereocenters. The van der Waals surface area contributed by atoms with Gasteiger partial charge in [-0.15, -0.1) is 0 Å². The summed E-state index contributed by atoms with van der Waals surface area (Å²) in [7, 11) is -0.350. The van der Waals surface area contributed by atoms with E-state index in [0.29, 0.717) is 0 Å². The molecule has 5 nitrogen and oxygen atoms in total. The Labute approximate surface area is 152 Å². The second-order valence-electron chi connectivity index (χ2n) is 8.14. The quantitative estimate of drug-likeness (QED) is 0.785. The van der Waals surface area contributed by atoms with E-state index in [1.165, 1.54) is 0 Å². The summed E-state index contributed by atoms with van der Waals surface area (Å²) < 4.78 is 18.5. The first-order valence-electron chi connectivity index (χ1n) is 9.47. The van der Waals surface area contributed by atoms with E-state index in [0.717, 1.165) is 37.2 Å². The minimum Gasteiger partial charge on any atom is -0.399 e. The van der Waals surface area contributed by atoms with Gasteiger partial charge in [0, 0.05) is 19.3 Å². The smallest absolute Gasteiger partial charge is 0.399 e. The number of ether oxygens (including phenoxy) is 1. The SMILES string of the molecule is CCC1CN(c2cc(B3OC(C)(C)C(C)(C)O3)ccn2)CC(CC)O1. The maximum Gasteiger partial charge on any atom is 0.495 e. The second kappa shape index (κ2) is 6.90. The predicted molar refractivity (Wildman–Crippen MR) is 101 cm³/mol. The second-order valence-corrected chi connectivity index (χ2v) is 8.14. The highest BCUT2D eigenvalue weighted by molar-refractivity contribution is 6.62. The number of hydrogen-bond donors (Lipinski definition) is 0. The third-order valence-electron chi connectivity index (χ3n) is 5.76. The summed E-state index contributed by atoms with van der Waals surface area (Å²) in [4.78, 5) is 6.94. The van der Waals surface area contributed by atoms with Crippen molar-refractivity contribution in [3.63, 3.8) is 0 Å². The predicted octanol–water partition coefficient (Wildman–Crippen LogP) is 2.77. The zero-order valence-corrected chi connectivity index (χ0v) is 16.4. The molecule has 2 unspecified atom stereocenters. The monoisotopic (exact) mass is 346 g/mol. The van der Waals surface area contributed by atoms with Crippen molar-refractivity contribution in [2.24, 2.45) is 0 Å². The van der Waals surface area contributed by atoms with E-state index < -0.39 is 0 Å². The number of morpholine rings is 1. The molecule has 138 valence electrons. The lowest BCUT2D eigenvalue weighted by Gasteiger charge is -2.38. The molecule has 1 aromatic rings. The summed E-state index contributed by atoms with van der Waals surface area (Å²) in [6.45, 7) is 14.4. The van der Waals surface area contributed by atoms with Crippen molar-refractivity contribution >= 4 is 18.4 Å². The topological polar surface area (TPSA) is 43.8 Å². The highest BCUT2D eigenvalue weighted by Crippen LogP contribution is 2.36. The van der Waals surface area contributed by atoms with Gasteiger partial charge in [-0.05, 0) is 58.1 Å². The van der Waals surface area contributed by atoms with Crippen molar-refractivity contribution in [2.75, 3.05) is 18.0 Å². The summed E-state index contributed by atoms with van der Waals surface area (Å²) >= 11 is 0. The molecule has 1 aromatic heterocycles. The zero-order chi connectivity index (χ0) is 18.2. The molecular formula is C19H31BN2O3. The lowest BCUT2D eigenvalue weighted by molar-refractivity contribution is -0.0287. The molecule has 2 fully saturated rings. The van der Waals surface area contributed by atoms with E-state index in [1.807, 2.05) is 12.3 Å². The molecule has 2 aliphatic heterocycles. The van der Waals surface area contributed by atoms with Crippen molar-refractivity contribution in [2.45, 2.75) is 77.8 Å². The van der Waals surface area contributed by atoms with Gasteiger partial charge in [-0.2, -0.15) is 0 Å². The van der Waals surface area contributed by atoms with Crippen LogP contribution < -0.4 is 10.4 Å². The molecule has 3 heterocycles. The van der Waals surface area contributed by atoms with Gasteiger partial charge < -0.3 is 18.9 Å². The van der Waals surface area contributed by atoms with Crippen molar-refractivity contribution in [1.29, 1.82) is 0 Å². The molecule has 6 heteroatoms. The first-order valence-corrected chi connectivity index (χ1v) is 9.47. The first kappa shape index (κ1) is 18.7. The number of anilines is 1. The van der Waals surface area contributed by atoms with Crippen LogP contribution in [0.4, 0.5) is 5.82 Å². The fourth-order valence-corrected chi connectivity index (χ4v) is 3.29. The number of hydrogen-bond acceptors (Lipinski definition) is 5. The summed E-state index contributed by atoms with van der Waals surface area (Å²) in [5.74, 6) is 0.979. The summed E-state index contributed by atoms with van der Waals surface area (Å²) in [5, 5.41) is 0. The van der Waals surface area contributed by atoms with Gasteiger partial charge in [0.1, 0.15) is 5.82 Å². The van der Waals surface area contributed by atoms with E-state index >= 15 is 0 Å². The Morgan fingerprint density at radius 2 is 1.64 bits per heavy atom. The number of nitrogens with zero attached hydrogens (tertiary/aromatic N) is 2. The van der Waals surface area contributed by atoms with Crippen molar-refractivity contribution in [3.8, 4) is 0 Å². The van der Waals surface area contributed by atoms with E-state index in [2.05, 4.69) is 57.5 Å². The van der Waals surface area contributed by atoms with Crippen molar-refractivity contribution in [1.82, 2.24) is 4.98 Å². The number of pyridine rings is 1. The van der Waals surface area contributed by atoms with E-state index in [9.17, 15) is 0 Å². The molecule has 3 rings (SSSR count). The average molecular weight is 346 g/mol. The van der Waals surface area contributed by atoms with Gasteiger partial charge in [-0.3, -0.25) is 0 Å². The number of rotatable bonds is 4. The molecule has 0 aliphatic carbocycles. The van der Waals surface area contributed by atoms with Gasteiger partial charge in [-0.1, -0.05) is 13.8 Å². The fourth-order valence-electron chi connectivity index (χ4n) is 3.29. The Hall–Kier alpha value is -1.11. The molecule has 0 spiro atoms. The van der Waals surface area contributed by atoms with Gasteiger partial charge in [0.2, 0.25) is 0 Å². The van der Waals surface area contributed by atoms with Crippen LogP contribution in [0.5, 0.6) is 0 Å². The Kier molecular flexibility index (Phi) is 5.15. The van der Waals surface area contributed by atoms with Crippen LogP contribution in [0.3, 0.4) is 0 Å². The Morgan fingerprint density at radius 1 is 1.08 bits per heavy atom. The molecule has 2 saturated heterocycles. The maximum atomic E-state index is 6.18. The highest BCUT2D eigenvalue weighted by atomic mass is 16.7. The van der Waals surface area contributed by atoms with Gasteiger partial charge >= 0.3 is 7.12 Å². The van der Waals surface area contributed by atoms with Crippen LogP contribution in [-0.2, 0) is 14.0 Å². The Bertz CT molecular complexity index is 580. The van der Waals surface area contributed by atoms with E-state index in [4.69, 9.17) is 14.0 Å². The standard InChI is InChI=1S/C19H31BN2O3/c1-7-15-12-22(13-16(8-2)23-15)17-11-14(9-10-21-17)20-24-18(3,4)19(5,6)25-20/h9-11,15-16H,7-8,12-13H2,1-6H3. The molecule has 25 heavy (non-hydrogen) atoms. The zero-order valence-electron chi connectivity index (χ0n) is 16.4. The van der Waals surface area contributed by atoms with Gasteiger partial charge in [-0.25, -0.2) is 4.98 Å². The Balaban J connectivity index is 1.80. The third-order valence-corrected chi connectivity index (χ3v) is 5.76. The summed E-state index contributed by atoms with van der Waals surface area (Å²) in [5.41, 5.74) is 0.359. The van der Waals surface area contributed by atoms with Crippen LogP contribution in [0.1, 0.15) is 54.4 Å². The minimum absolute atomic E-state index is 0.265. The van der Waals surface area contributed by atoms with E-state index in [1.54, 1.807) is 0 Å². The van der Waals surface area contributed by atoms with Gasteiger partial charge in [0.05, 0.1) is 23.4 Å². The van der Waals surface area contributed by atoms with E-state index in [-0.39, 0.29) is 30.5 Å². The van der Waals surface area contributed by atoms with Gasteiger partial charge in [0.15, 0.2) is 0 Å². The molecule has 2 aliphatic rings. The lowest BCUT2D eigenvalue weighted by Crippen LogP contribution is -2.48. The molecule has 0 radical (unpaired) electrons. The molecule has 0 bridgehead atoms. The largest absolute Gasteiger partial charge is 0.495 e. The van der Waals surface area contributed by atoms with Gasteiger partial charge in [0.25, 0.3) is 0 Å². The molecule has 0 aromatic carbocycles. The average Bonchev–Trinajstić information content (AvgIpc) is 2.82. The lowest BCUT2D eigenvalue weighted by atomic mass is 9.79. The normalized spacial score (nSPS) is 28.4. The number of aromatic nitrogens is 1. The Morgan fingerprint density at radius 3 is 2.16 bits per heavy atom. The maximum absolute atomic E-state index is 6.18. The van der Waals surface area contributed by atoms with Crippen LogP contribution in [-0.4, -0.2) is 48.6 Å². The van der Waals surface area contributed by atoms with Crippen LogP contribution in [0, 0.1) is 0 Å². The molecular weight excluding hydrogens is 315 g/mol. The third kappa shape index (κ3) is 3.71. The van der Waals surface area contributed by atoms with Crippen LogP contribution in [0.15, 0.2) is 18.3 Å². The highest BCUT2D eigenvalue weighted by Gasteiger charge is 2.51. The summed E-state index contributed by atoms with van der Waals surface area (Å²) in [6, 6.07) is 4.09. The van der Waals surface area contributed by atoms with Crippen LogP contribution >= 0.6 is 0 Å². The molecule has 0 amide bonds. The minimum atomic E-state index is -0.350. The van der Waals surface area contributed by atoms with Crippen molar-refractivity contribution < 1.29 is 14.0 Å². The summed E-state index contributed by atoms with van der Waals surface area (Å²) in [6.07, 6.45) is 4.42. The molecule has 0 saturated carbocycles.